The third-order valence-corrected chi connectivity index (χ3v) is 4.14. The summed E-state index contributed by atoms with van der Waals surface area (Å²) in [6.07, 6.45) is 0. The Bertz CT molecular complexity index is 877. The lowest BCUT2D eigenvalue weighted by atomic mass is 10.1. The van der Waals surface area contributed by atoms with Gasteiger partial charge in [-0.3, -0.25) is 9.59 Å². The van der Waals surface area contributed by atoms with Gasteiger partial charge in [-0.2, -0.15) is 0 Å². The molecule has 136 valence electrons. The summed E-state index contributed by atoms with van der Waals surface area (Å²) < 4.78 is 0. The number of hydrogen-bond donors (Lipinski definition) is 2. The number of aryl methyl sites for hydroxylation is 2. The number of rotatable bonds is 5. The lowest BCUT2D eigenvalue weighted by Gasteiger charge is -2.17. The molecule has 1 aromatic carbocycles. The summed E-state index contributed by atoms with van der Waals surface area (Å²) in [7, 11) is 1.49. The molecule has 0 spiro atoms. The first-order valence-corrected chi connectivity index (χ1v) is 8.03. The first-order valence-electron chi connectivity index (χ1n) is 8.03. The van der Waals surface area contributed by atoms with Crippen molar-refractivity contribution in [2.24, 2.45) is 0 Å². The van der Waals surface area contributed by atoms with Crippen molar-refractivity contribution in [1.29, 1.82) is 0 Å². The molecule has 2 aromatic rings. The average molecular weight is 355 g/mol. The molecule has 0 unspecified atom stereocenters. The monoisotopic (exact) mass is 355 g/mol. The van der Waals surface area contributed by atoms with E-state index in [9.17, 15) is 14.4 Å². The number of carbonyl (C=O) groups excluding carboxylic acids is 2. The third kappa shape index (κ3) is 4.24. The van der Waals surface area contributed by atoms with Crippen molar-refractivity contribution in [2.75, 3.05) is 18.9 Å². The minimum absolute atomic E-state index is 0.0388. The topological polar surface area (TPSA) is 99.6 Å². The molecule has 1 heterocycles. The zero-order valence-electron chi connectivity index (χ0n) is 15.2. The van der Waals surface area contributed by atoms with Crippen molar-refractivity contribution in [3.8, 4) is 0 Å². The molecule has 0 aliphatic carbocycles. The van der Waals surface area contributed by atoms with Crippen molar-refractivity contribution in [1.82, 2.24) is 9.88 Å². The number of carboxylic acid groups (broad SMARTS) is 1. The lowest BCUT2D eigenvalue weighted by molar-refractivity contribution is -0.116. The van der Waals surface area contributed by atoms with E-state index in [2.05, 4.69) is 10.3 Å². The van der Waals surface area contributed by atoms with E-state index in [1.165, 1.54) is 31.0 Å². The molecule has 0 saturated carbocycles. The zero-order chi connectivity index (χ0) is 19.4. The standard InChI is InChI=1S/C19H21N3O4/c1-11-6-5-7-15(12(11)2)21-17(23)10-22(4)18(24)16-9-8-14(19(25)26)13(3)20-16/h5-9H,10H2,1-4H3,(H,21,23)(H,25,26). The maximum atomic E-state index is 12.4. The highest BCUT2D eigenvalue weighted by molar-refractivity contribution is 5.99. The van der Waals surface area contributed by atoms with Crippen LogP contribution in [0.1, 0.15) is 37.7 Å². The van der Waals surface area contributed by atoms with E-state index in [1.54, 1.807) is 6.07 Å². The summed E-state index contributed by atoms with van der Waals surface area (Å²) in [4.78, 5) is 40.9. The van der Waals surface area contributed by atoms with E-state index in [1.807, 2.05) is 26.0 Å². The van der Waals surface area contributed by atoms with E-state index >= 15 is 0 Å². The number of amides is 2. The number of aromatic carboxylic acids is 1. The molecule has 2 amide bonds. The van der Waals surface area contributed by atoms with Crippen LogP contribution in [0.3, 0.4) is 0 Å². The smallest absolute Gasteiger partial charge is 0.337 e. The quantitative estimate of drug-likeness (QED) is 0.858. The largest absolute Gasteiger partial charge is 0.478 e. The van der Waals surface area contributed by atoms with Crippen LogP contribution in [0.2, 0.25) is 0 Å². The Kier molecular flexibility index (Phi) is 5.71. The molecule has 0 bridgehead atoms. The van der Waals surface area contributed by atoms with Crippen LogP contribution < -0.4 is 5.32 Å². The van der Waals surface area contributed by atoms with Crippen molar-refractivity contribution in [3.05, 3.63) is 58.4 Å². The molecule has 0 saturated heterocycles. The summed E-state index contributed by atoms with van der Waals surface area (Å²) in [6, 6.07) is 8.29. The van der Waals surface area contributed by atoms with Gasteiger partial charge in [0, 0.05) is 12.7 Å². The normalized spacial score (nSPS) is 10.3. The average Bonchev–Trinajstić information content (AvgIpc) is 2.57. The number of nitrogens with zero attached hydrogens (tertiary/aromatic N) is 2. The molecule has 0 aliphatic rings. The van der Waals surface area contributed by atoms with Crippen LogP contribution in [0.4, 0.5) is 5.69 Å². The van der Waals surface area contributed by atoms with Gasteiger partial charge < -0.3 is 15.3 Å². The predicted molar refractivity (Wildman–Crippen MR) is 97.4 cm³/mol. The Morgan fingerprint density at radius 1 is 1.12 bits per heavy atom. The van der Waals surface area contributed by atoms with E-state index < -0.39 is 11.9 Å². The molecule has 0 atom stereocenters. The molecule has 26 heavy (non-hydrogen) atoms. The zero-order valence-corrected chi connectivity index (χ0v) is 15.2. The second kappa shape index (κ2) is 7.77. The SMILES string of the molecule is Cc1cccc(NC(=O)CN(C)C(=O)c2ccc(C(=O)O)c(C)n2)c1C. The maximum absolute atomic E-state index is 12.4. The lowest BCUT2D eigenvalue weighted by Crippen LogP contribution is -2.35. The highest BCUT2D eigenvalue weighted by atomic mass is 16.4. The summed E-state index contributed by atoms with van der Waals surface area (Å²) in [5.74, 6) is -1.88. The minimum atomic E-state index is -1.10. The Hall–Kier alpha value is -3.22. The van der Waals surface area contributed by atoms with Gasteiger partial charge in [0.25, 0.3) is 5.91 Å². The van der Waals surface area contributed by atoms with Crippen molar-refractivity contribution in [2.45, 2.75) is 20.8 Å². The van der Waals surface area contributed by atoms with Gasteiger partial charge >= 0.3 is 5.97 Å². The number of aromatic nitrogens is 1. The predicted octanol–water partition coefficient (Wildman–Crippen LogP) is 2.42. The Balaban J connectivity index is 2.06. The molecular weight excluding hydrogens is 334 g/mol. The fourth-order valence-electron chi connectivity index (χ4n) is 2.47. The summed E-state index contributed by atoms with van der Waals surface area (Å²) in [5.41, 5.74) is 3.11. The number of anilines is 1. The number of nitrogens with one attached hydrogen (secondary N) is 1. The molecule has 7 nitrogen and oxygen atoms in total. The van der Waals surface area contributed by atoms with E-state index in [0.717, 1.165) is 11.1 Å². The first kappa shape index (κ1) is 19.1. The second-order valence-corrected chi connectivity index (χ2v) is 6.09. The Labute approximate surface area is 151 Å². The fraction of sp³-hybridized carbons (Fsp3) is 0.263. The van der Waals surface area contributed by atoms with Gasteiger partial charge in [0.15, 0.2) is 0 Å². The van der Waals surface area contributed by atoms with E-state index in [0.29, 0.717) is 5.69 Å². The van der Waals surface area contributed by atoms with Gasteiger partial charge in [0.1, 0.15) is 5.69 Å². The van der Waals surface area contributed by atoms with Crippen LogP contribution in [0.15, 0.2) is 30.3 Å². The molecule has 1 aromatic heterocycles. The number of carboxylic acids is 1. The maximum Gasteiger partial charge on any atom is 0.337 e. The van der Waals surface area contributed by atoms with Gasteiger partial charge in [-0.15, -0.1) is 0 Å². The van der Waals surface area contributed by atoms with Gasteiger partial charge in [-0.05, 0) is 50.1 Å². The Morgan fingerprint density at radius 2 is 1.81 bits per heavy atom. The van der Waals surface area contributed by atoms with Gasteiger partial charge in [0.05, 0.1) is 17.8 Å². The fourth-order valence-corrected chi connectivity index (χ4v) is 2.47. The van der Waals surface area contributed by atoms with E-state index in [-0.39, 0.29) is 29.4 Å². The van der Waals surface area contributed by atoms with Crippen LogP contribution in [-0.4, -0.2) is 46.4 Å². The number of hydrogen-bond acceptors (Lipinski definition) is 4. The number of likely N-dealkylation sites (N-methyl/N-ethyl adjacent to an activating group) is 1. The molecule has 2 N–H and O–H groups in total. The van der Waals surface area contributed by atoms with Crippen LogP contribution in [0.5, 0.6) is 0 Å². The molecule has 0 fully saturated rings. The molecule has 0 radical (unpaired) electrons. The second-order valence-electron chi connectivity index (χ2n) is 6.09. The number of carbonyl (C=O) groups is 3. The third-order valence-electron chi connectivity index (χ3n) is 4.14. The summed E-state index contributed by atoms with van der Waals surface area (Å²) in [6.45, 7) is 5.24. The van der Waals surface area contributed by atoms with Crippen molar-refractivity contribution in [3.63, 3.8) is 0 Å². The van der Waals surface area contributed by atoms with E-state index in [4.69, 9.17) is 5.11 Å². The van der Waals surface area contributed by atoms with Crippen LogP contribution in [0.25, 0.3) is 0 Å². The van der Waals surface area contributed by atoms with Crippen molar-refractivity contribution >= 4 is 23.5 Å². The van der Waals surface area contributed by atoms with Crippen LogP contribution >= 0.6 is 0 Å². The molecule has 2 rings (SSSR count). The van der Waals surface area contributed by atoms with Crippen molar-refractivity contribution < 1.29 is 19.5 Å². The molecule has 0 aliphatic heterocycles. The molecular formula is C19H21N3O4. The minimum Gasteiger partial charge on any atom is -0.478 e. The first-order chi connectivity index (χ1) is 12.2. The summed E-state index contributed by atoms with van der Waals surface area (Å²) >= 11 is 0. The van der Waals surface area contributed by atoms with Gasteiger partial charge in [-0.25, -0.2) is 9.78 Å². The highest BCUT2D eigenvalue weighted by Gasteiger charge is 2.18. The number of pyridine rings is 1. The van der Waals surface area contributed by atoms with Gasteiger partial charge in [-0.1, -0.05) is 12.1 Å². The summed E-state index contributed by atoms with van der Waals surface area (Å²) in [5, 5.41) is 11.8. The highest BCUT2D eigenvalue weighted by Crippen LogP contribution is 2.18. The van der Waals surface area contributed by atoms with Crippen LogP contribution in [0, 0.1) is 20.8 Å². The van der Waals surface area contributed by atoms with Gasteiger partial charge in [0.2, 0.25) is 5.91 Å². The molecule has 7 heteroatoms. The number of benzene rings is 1. The Morgan fingerprint density at radius 3 is 2.42 bits per heavy atom. The van der Waals surface area contributed by atoms with Crippen LogP contribution in [-0.2, 0) is 4.79 Å².